The fourth-order valence-electron chi connectivity index (χ4n) is 2.14. The molecule has 0 saturated heterocycles. The van der Waals surface area contributed by atoms with E-state index >= 15 is 0 Å². The van der Waals surface area contributed by atoms with Gasteiger partial charge in [-0.15, -0.1) is 0 Å². The summed E-state index contributed by atoms with van der Waals surface area (Å²) in [5, 5.41) is 1.51. The summed E-state index contributed by atoms with van der Waals surface area (Å²) in [4.78, 5) is 3.12. The van der Waals surface area contributed by atoms with Gasteiger partial charge < -0.3 is 18.4 Å². The van der Waals surface area contributed by atoms with Gasteiger partial charge in [0.25, 0.3) is 0 Å². The molecule has 3 aromatic rings. The molecule has 0 aliphatic rings. The number of fused-ring (bicyclic) bond motifs is 1. The third-order valence-corrected chi connectivity index (χ3v) is 3.88. The van der Waals surface area contributed by atoms with Crippen LogP contribution in [0.4, 0.5) is 18.3 Å². The Balaban J connectivity index is 0.000000849. The minimum Gasteiger partial charge on any atom is -0.796 e. The largest absolute Gasteiger partial charge is 1.00 e. The number of nitrogens with two attached hydrogens (primary N) is 1. The van der Waals surface area contributed by atoms with E-state index in [4.69, 9.17) is 5.73 Å². The molecule has 0 atom stereocenters. The quantitative estimate of drug-likeness (QED) is 0.516. The standard InChI is InChI=1S/C14H9F3N2S.CH4S.K/c15-14(16,17)12-11(19-13(18)20-12)10-7-3-5-8-4-1-2-6-9(8)10;1-2;/h1-7H,(H2,18,19);2H,1H3;/q;;+1/p-1. The van der Waals surface area contributed by atoms with Gasteiger partial charge in [-0.3, -0.25) is 0 Å². The topological polar surface area (TPSA) is 38.9 Å². The number of hydrogen-bond acceptors (Lipinski definition) is 4. The molecule has 0 amide bonds. The van der Waals surface area contributed by atoms with Crippen molar-refractivity contribution in [1.82, 2.24) is 4.98 Å². The fraction of sp³-hybridized carbons (Fsp3) is 0.133. The van der Waals surface area contributed by atoms with Crippen LogP contribution >= 0.6 is 11.3 Å². The van der Waals surface area contributed by atoms with Crippen LogP contribution in [0.3, 0.4) is 0 Å². The zero-order valence-electron chi connectivity index (χ0n) is 12.5. The molecule has 0 radical (unpaired) electrons. The summed E-state index contributed by atoms with van der Waals surface area (Å²) in [5.74, 6) is 0. The summed E-state index contributed by atoms with van der Waals surface area (Å²) in [6, 6.07) is 12.4. The number of halogens is 3. The Hall–Kier alpha value is -0.0936. The SMILES string of the molecule is C[S-].Nc1nc(-c2cccc3ccccc23)c(C(F)(F)F)s1.[K+]. The molecule has 0 aliphatic carbocycles. The second-order valence-corrected chi connectivity index (χ2v) is 5.28. The molecule has 0 aliphatic heterocycles. The molecule has 1 heterocycles. The zero-order valence-corrected chi connectivity index (χ0v) is 17.3. The molecule has 3 rings (SSSR count). The van der Waals surface area contributed by atoms with Crippen molar-refractivity contribution in [1.29, 1.82) is 0 Å². The predicted octanol–water partition coefficient (Wildman–Crippen LogP) is 1.73. The molecule has 23 heavy (non-hydrogen) atoms. The minimum atomic E-state index is -4.46. The number of thiazole rings is 1. The fourth-order valence-corrected chi connectivity index (χ4v) is 2.86. The molecule has 2 N–H and O–H groups in total. The first kappa shape index (κ1) is 21.0. The number of hydrogen-bond donors (Lipinski definition) is 1. The molecule has 0 bridgehead atoms. The van der Waals surface area contributed by atoms with Crippen molar-refractivity contribution in [2.75, 3.05) is 12.0 Å². The average molecular weight is 381 g/mol. The van der Waals surface area contributed by atoms with Crippen LogP contribution in [-0.4, -0.2) is 11.2 Å². The normalized spacial score (nSPS) is 10.7. The number of alkyl halides is 3. The van der Waals surface area contributed by atoms with Crippen LogP contribution in [0.5, 0.6) is 0 Å². The first-order valence-corrected chi connectivity index (χ1v) is 7.82. The van der Waals surface area contributed by atoms with Crippen molar-refractivity contribution in [2.24, 2.45) is 0 Å². The van der Waals surface area contributed by atoms with Crippen LogP contribution in [0.15, 0.2) is 42.5 Å². The van der Waals surface area contributed by atoms with Crippen LogP contribution in [0.1, 0.15) is 4.88 Å². The Kier molecular flexibility index (Phi) is 8.05. The van der Waals surface area contributed by atoms with Gasteiger partial charge >= 0.3 is 57.6 Å². The van der Waals surface area contributed by atoms with Gasteiger partial charge in [0.15, 0.2) is 5.13 Å². The smallest absolute Gasteiger partial charge is 0.796 e. The van der Waals surface area contributed by atoms with Crippen LogP contribution in [0.25, 0.3) is 22.0 Å². The van der Waals surface area contributed by atoms with E-state index in [0.717, 1.165) is 10.8 Å². The van der Waals surface area contributed by atoms with E-state index in [9.17, 15) is 13.2 Å². The van der Waals surface area contributed by atoms with E-state index in [1.165, 1.54) is 0 Å². The Morgan fingerprint density at radius 3 is 2.30 bits per heavy atom. The van der Waals surface area contributed by atoms with E-state index < -0.39 is 11.1 Å². The first-order valence-electron chi connectivity index (χ1n) is 6.19. The summed E-state index contributed by atoms with van der Waals surface area (Å²) in [6.07, 6.45) is -2.87. The maximum Gasteiger partial charge on any atom is 1.00 e. The molecule has 2 aromatic carbocycles. The van der Waals surface area contributed by atoms with Crippen molar-refractivity contribution >= 4 is 39.9 Å². The van der Waals surface area contributed by atoms with Gasteiger partial charge in [0, 0.05) is 5.56 Å². The van der Waals surface area contributed by atoms with Gasteiger partial charge in [-0.25, -0.2) is 4.98 Å². The average Bonchev–Trinajstić information content (AvgIpc) is 2.91. The monoisotopic (exact) mass is 380 g/mol. The van der Waals surface area contributed by atoms with Crippen molar-refractivity contribution in [3.05, 3.63) is 47.3 Å². The molecule has 116 valence electrons. The van der Waals surface area contributed by atoms with Crippen molar-refractivity contribution in [2.45, 2.75) is 6.18 Å². The number of anilines is 1. The Labute approximate surface area is 184 Å². The van der Waals surface area contributed by atoms with E-state index in [2.05, 4.69) is 17.6 Å². The Morgan fingerprint density at radius 1 is 1.04 bits per heavy atom. The summed E-state index contributed by atoms with van der Waals surface area (Å²) in [7, 11) is 0. The van der Waals surface area contributed by atoms with E-state index in [1.807, 2.05) is 18.2 Å². The number of nitrogens with zero attached hydrogens (tertiary/aromatic N) is 1. The number of aromatic nitrogens is 1. The zero-order chi connectivity index (χ0) is 16.3. The van der Waals surface area contributed by atoms with Crippen molar-refractivity contribution in [3.63, 3.8) is 0 Å². The minimum absolute atomic E-state index is 0. The van der Waals surface area contributed by atoms with Crippen LogP contribution in [-0.2, 0) is 18.8 Å². The Morgan fingerprint density at radius 2 is 1.65 bits per heavy atom. The maximum absolute atomic E-state index is 13.1. The molecule has 0 fully saturated rings. The summed E-state index contributed by atoms with van der Waals surface area (Å²) < 4.78 is 39.2. The van der Waals surface area contributed by atoms with Crippen molar-refractivity contribution in [3.8, 4) is 11.3 Å². The molecule has 8 heteroatoms. The summed E-state index contributed by atoms with van der Waals surface area (Å²) in [5.41, 5.74) is 5.81. The summed E-state index contributed by atoms with van der Waals surface area (Å²) in [6.45, 7) is 0. The second kappa shape index (κ2) is 8.84. The van der Waals surface area contributed by atoms with E-state index in [0.29, 0.717) is 16.9 Å². The van der Waals surface area contributed by atoms with Crippen molar-refractivity contribution < 1.29 is 64.6 Å². The number of rotatable bonds is 1. The third kappa shape index (κ3) is 4.72. The first-order chi connectivity index (χ1) is 10.5. The molecule has 2 nitrogen and oxygen atoms in total. The van der Waals surface area contributed by atoms with Crippen LogP contribution < -0.4 is 57.1 Å². The molecular formula is C15H12F3KN2S2. The van der Waals surface area contributed by atoms with Gasteiger partial charge in [0.1, 0.15) is 4.88 Å². The van der Waals surface area contributed by atoms with Gasteiger partial charge in [-0.05, 0) is 10.8 Å². The maximum atomic E-state index is 13.1. The van der Waals surface area contributed by atoms with Gasteiger partial charge in [0.05, 0.1) is 5.69 Å². The molecular weight excluding hydrogens is 368 g/mol. The number of nitrogen functional groups attached to an aromatic ring is 1. The van der Waals surface area contributed by atoms with E-state index in [1.54, 1.807) is 30.5 Å². The van der Waals surface area contributed by atoms with E-state index in [-0.39, 0.29) is 62.2 Å². The molecule has 1 aromatic heterocycles. The summed E-state index contributed by atoms with van der Waals surface area (Å²) >= 11 is 4.55. The predicted molar refractivity (Wildman–Crippen MR) is 87.8 cm³/mol. The van der Waals surface area contributed by atoms with Crippen LogP contribution in [0.2, 0.25) is 0 Å². The van der Waals surface area contributed by atoms with Gasteiger partial charge in [-0.1, -0.05) is 53.8 Å². The molecule has 0 unspecified atom stereocenters. The molecule has 0 saturated carbocycles. The van der Waals surface area contributed by atoms with Gasteiger partial charge in [0.2, 0.25) is 0 Å². The third-order valence-electron chi connectivity index (χ3n) is 2.95. The molecule has 0 spiro atoms. The second-order valence-electron chi connectivity index (χ2n) is 4.25. The van der Waals surface area contributed by atoms with Crippen LogP contribution in [0, 0.1) is 0 Å². The Bertz CT molecular complexity index is 782. The van der Waals surface area contributed by atoms with Gasteiger partial charge in [-0.2, -0.15) is 19.4 Å². The number of benzene rings is 2.